The molecule has 0 bridgehead atoms. The zero-order valence-corrected chi connectivity index (χ0v) is 8.95. The monoisotopic (exact) mass is 213 g/mol. The molecule has 5 nitrogen and oxygen atoms in total. The molecule has 2 saturated heterocycles. The minimum Gasteiger partial charge on any atom is -0.376 e. The van der Waals surface area contributed by atoms with E-state index >= 15 is 0 Å². The van der Waals surface area contributed by atoms with E-state index in [1.165, 1.54) is 0 Å². The number of rotatable bonds is 4. The summed E-state index contributed by atoms with van der Waals surface area (Å²) >= 11 is 0. The normalized spacial score (nSPS) is 27.7. The molecule has 2 rings (SSSR count). The van der Waals surface area contributed by atoms with Gasteiger partial charge in [0.1, 0.15) is 0 Å². The number of nitrogens with zero attached hydrogens (tertiary/aromatic N) is 1. The second kappa shape index (κ2) is 4.92. The Morgan fingerprint density at radius 3 is 2.93 bits per heavy atom. The number of amides is 1. The van der Waals surface area contributed by atoms with E-state index < -0.39 is 0 Å². The Morgan fingerprint density at radius 1 is 1.53 bits per heavy atom. The minimum atomic E-state index is 0.0809. The van der Waals surface area contributed by atoms with Crippen LogP contribution in [0.15, 0.2) is 0 Å². The lowest BCUT2D eigenvalue weighted by atomic mass is 10.1. The first-order chi connectivity index (χ1) is 7.24. The standard InChI is InChI=1S/C10H19N3O2/c11-8-5-13(6-8)7-10(14)12-4-9-2-1-3-15-9/h8-9H,1-7,11H2,(H,12,14)/t9-/m0/s1. The SMILES string of the molecule is NC1CN(CC(=O)NC[C@@H]2CCCO2)C1. The Labute approximate surface area is 89.9 Å². The molecule has 0 saturated carbocycles. The number of hydrogen-bond acceptors (Lipinski definition) is 4. The second-order valence-corrected chi connectivity index (χ2v) is 4.39. The van der Waals surface area contributed by atoms with Crippen LogP contribution in [0.5, 0.6) is 0 Å². The fraction of sp³-hybridized carbons (Fsp3) is 0.900. The largest absolute Gasteiger partial charge is 0.376 e. The van der Waals surface area contributed by atoms with Crippen molar-refractivity contribution in [2.24, 2.45) is 5.73 Å². The van der Waals surface area contributed by atoms with Gasteiger partial charge in [0.2, 0.25) is 5.91 Å². The highest BCUT2D eigenvalue weighted by Crippen LogP contribution is 2.10. The average Bonchev–Trinajstić information content (AvgIpc) is 2.65. The molecule has 2 heterocycles. The average molecular weight is 213 g/mol. The minimum absolute atomic E-state index is 0.0809. The molecular weight excluding hydrogens is 194 g/mol. The smallest absolute Gasteiger partial charge is 0.234 e. The van der Waals surface area contributed by atoms with E-state index in [0.717, 1.165) is 32.5 Å². The summed E-state index contributed by atoms with van der Waals surface area (Å²) in [6.45, 7) is 3.64. The summed E-state index contributed by atoms with van der Waals surface area (Å²) in [7, 11) is 0. The fourth-order valence-corrected chi connectivity index (χ4v) is 2.03. The van der Waals surface area contributed by atoms with E-state index in [-0.39, 0.29) is 18.1 Å². The van der Waals surface area contributed by atoms with Gasteiger partial charge in [-0.3, -0.25) is 9.69 Å². The maximum Gasteiger partial charge on any atom is 0.234 e. The van der Waals surface area contributed by atoms with E-state index in [4.69, 9.17) is 10.5 Å². The molecule has 0 aliphatic carbocycles. The van der Waals surface area contributed by atoms with Crippen LogP contribution in [0.2, 0.25) is 0 Å². The van der Waals surface area contributed by atoms with Crippen molar-refractivity contribution >= 4 is 5.91 Å². The highest BCUT2D eigenvalue weighted by molar-refractivity contribution is 5.78. The Kier molecular flexibility index (Phi) is 3.56. The van der Waals surface area contributed by atoms with Crippen molar-refractivity contribution in [1.82, 2.24) is 10.2 Å². The molecule has 3 N–H and O–H groups in total. The van der Waals surface area contributed by atoms with E-state index in [2.05, 4.69) is 10.2 Å². The molecule has 1 amide bonds. The molecule has 0 radical (unpaired) electrons. The summed E-state index contributed by atoms with van der Waals surface area (Å²) in [5.41, 5.74) is 5.62. The van der Waals surface area contributed by atoms with Crippen molar-refractivity contribution in [3.63, 3.8) is 0 Å². The van der Waals surface area contributed by atoms with E-state index in [0.29, 0.717) is 13.1 Å². The van der Waals surface area contributed by atoms with Gasteiger partial charge in [-0.1, -0.05) is 0 Å². The maximum absolute atomic E-state index is 11.5. The summed E-state index contributed by atoms with van der Waals surface area (Å²) in [6, 6.07) is 0.260. The van der Waals surface area contributed by atoms with E-state index in [1.807, 2.05) is 0 Å². The van der Waals surface area contributed by atoms with Crippen LogP contribution in [-0.2, 0) is 9.53 Å². The van der Waals surface area contributed by atoms with Crippen molar-refractivity contribution in [3.8, 4) is 0 Å². The van der Waals surface area contributed by atoms with Crippen LogP contribution in [-0.4, -0.2) is 55.7 Å². The Hall–Kier alpha value is -0.650. The second-order valence-electron chi connectivity index (χ2n) is 4.39. The highest BCUT2D eigenvalue weighted by atomic mass is 16.5. The molecule has 0 aromatic heterocycles. The Morgan fingerprint density at radius 2 is 2.33 bits per heavy atom. The molecule has 1 atom stereocenters. The third-order valence-corrected chi connectivity index (χ3v) is 2.90. The lowest BCUT2D eigenvalue weighted by Gasteiger charge is -2.36. The number of nitrogens with one attached hydrogen (secondary N) is 1. The van der Waals surface area contributed by atoms with Crippen LogP contribution in [0, 0.1) is 0 Å². The molecule has 2 aliphatic heterocycles. The summed E-state index contributed by atoms with van der Waals surface area (Å²) in [5, 5.41) is 2.89. The van der Waals surface area contributed by atoms with Crippen LogP contribution in [0.4, 0.5) is 0 Å². The summed E-state index contributed by atoms with van der Waals surface area (Å²) in [4.78, 5) is 13.5. The molecule has 5 heteroatoms. The predicted octanol–water partition coefficient (Wildman–Crippen LogP) is -1.08. The van der Waals surface area contributed by atoms with Gasteiger partial charge in [-0.05, 0) is 12.8 Å². The van der Waals surface area contributed by atoms with Crippen LogP contribution in [0.25, 0.3) is 0 Å². The van der Waals surface area contributed by atoms with Gasteiger partial charge in [-0.25, -0.2) is 0 Å². The maximum atomic E-state index is 11.5. The van der Waals surface area contributed by atoms with E-state index in [1.54, 1.807) is 0 Å². The van der Waals surface area contributed by atoms with Gasteiger partial charge >= 0.3 is 0 Å². The molecule has 0 aromatic carbocycles. The molecule has 2 fully saturated rings. The van der Waals surface area contributed by atoms with Crippen molar-refractivity contribution in [3.05, 3.63) is 0 Å². The van der Waals surface area contributed by atoms with Crippen molar-refractivity contribution in [2.45, 2.75) is 25.0 Å². The number of carbonyl (C=O) groups is 1. The molecule has 15 heavy (non-hydrogen) atoms. The number of carbonyl (C=O) groups excluding carboxylic acids is 1. The van der Waals surface area contributed by atoms with Crippen LogP contribution < -0.4 is 11.1 Å². The summed E-state index contributed by atoms with van der Waals surface area (Å²) in [6.07, 6.45) is 2.41. The first-order valence-corrected chi connectivity index (χ1v) is 5.60. The number of likely N-dealkylation sites (tertiary alicyclic amines) is 1. The fourth-order valence-electron chi connectivity index (χ4n) is 2.03. The lowest BCUT2D eigenvalue weighted by molar-refractivity contribution is -0.123. The van der Waals surface area contributed by atoms with Gasteiger partial charge < -0.3 is 15.8 Å². The highest BCUT2D eigenvalue weighted by Gasteiger charge is 2.25. The molecule has 0 unspecified atom stereocenters. The van der Waals surface area contributed by atoms with Crippen LogP contribution in [0.1, 0.15) is 12.8 Å². The first-order valence-electron chi connectivity index (χ1n) is 5.60. The molecule has 0 aromatic rings. The number of hydrogen-bond donors (Lipinski definition) is 2. The molecule has 86 valence electrons. The predicted molar refractivity (Wildman–Crippen MR) is 56.4 cm³/mol. The summed E-state index contributed by atoms with van der Waals surface area (Å²) < 4.78 is 5.42. The lowest BCUT2D eigenvalue weighted by Crippen LogP contribution is -2.58. The zero-order valence-electron chi connectivity index (χ0n) is 8.95. The summed E-state index contributed by atoms with van der Waals surface area (Å²) in [5.74, 6) is 0.0809. The van der Waals surface area contributed by atoms with Gasteiger partial charge in [0, 0.05) is 32.3 Å². The van der Waals surface area contributed by atoms with Gasteiger partial charge in [-0.2, -0.15) is 0 Å². The number of nitrogens with two attached hydrogens (primary N) is 1. The quantitative estimate of drug-likeness (QED) is 0.623. The third kappa shape index (κ3) is 3.15. The van der Waals surface area contributed by atoms with Crippen molar-refractivity contribution in [2.75, 3.05) is 32.8 Å². The van der Waals surface area contributed by atoms with Crippen LogP contribution >= 0.6 is 0 Å². The first kappa shape index (κ1) is 10.9. The van der Waals surface area contributed by atoms with Gasteiger partial charge in [0.25, 0.3) is 0 Å². The Bertz CT molecular complexity index is 223. The Balaban J connectivity index is 1.56. The third-order valence-electron chi connectivity index (χ3n) is 2.90. The van der Waals surface area contributed by atoms with Gasteiger partial charge in [0.05, 0.1) is 12.6 Å². The molecule has 2 aliphatic rings. The zero-order chi connectivity index (χ0) is 10.7. The van der Waals surface area contributed by atoms with Crippen molar-refractivity contribution in [1.29, 1.82) is 0 Å². The number of ether oxygens (including phenoxy) is 1. The van der Waals surface area contributed by atoms with Gasteiger partial charge in [-0.15, -0.1) is 0 Å². The topological polar surface area (TPSA) is 67.6 Å². The van der Waals surface area contributed by atoms with Crippen molar-refractivity contribution < 1.29 is 9.53 Å². The van der Waals surface area contributed by atoms with Gasteiger partial charge in [0.15, 0.2) is 0 Å². The molecular formula is C10H19N3O2. The van der Waals surface area contributed by atoms with E-state index in [9.17, 15) is 4.79 Å². The molecule has 0 spiro atoms. The van der Waals surface area contributed by atoms with Crippen LogP contribution in [0.3, 0.4) is 0 Å².